The van der Waals surface area contributed by atoms with Crippen LogP contribution in [-0.4, -0.2) is 24.4 Å². The maximum atomic E-state index is 9.37. The van der Waals surface area contributed by atoms with E-state index >= 15 is 0 Å². The van der Waals surface area contributed by atoms with Crippen LogP contribution in [0.2, 0.25) is 0 Å². The number of methoxy groups -OCH3 is 1. The first-order valence-electron chi connectivity index (χ1n) is 4.49. The Morgan fingerprint density at radius 2 is 2.27 bits per heavy atom. The van der Waals surface area contributed by atoms with Crippen molar-refractivity contribution < 1.29 is 9.84 Å². The summed E-state index contributed by atoms with van der Waals surface area (Å²) in [5.41, 5.74) is 0.988. The van der Waals surface area contributed by atoms with Crippen molar-refractivity contribution in [2.75, 3.05) is 14.2 Å². The van der Waals surface area contributed by atoms with Crippen LogP contribution in [0.1, 0.15) is 5.56 Å². The third-order valence-corrected chi connectivity index (χ3v) is 2.27. The van der Waals surface area contributed by atoms with Crippen molar-refractivity contribution in [3.63, 3.8) is 0 Å². The van der Waals surface area contributed by atoms with Crippen LogP contribution in [0.4, 0.5) is 0 Å². The normalized spacial score (nSPS) is 9.47. The van der Waals surface area contributed by atoms with Crippen LogP contribution >= 0.6 is 12.2 Å². The molecule has 0 radical (unpaired) electrons. The maximum absolute atomic E-state index is 9.37. The number of aromatic hydroxyl groups is 1. The van der Waals surface area contributed by atoms with E-state index in [0.717, 1.165) is 5.56 Å². The van der Waals surface area contributed by atoms with Gasteiger partial charge in [-0.05, 0) is 29.9 Å². The van der Waals surface area contributed by atoms with Gasteiger partial charge in [-0.2, -0.15) is 0 Å². The fourth-order valence-electron chi connectivity index (χ4n) is 1.10. The average Bonchev–Trinajstić information content (AvgIpc) is 2.27. The number of ether oxygens (including phenoxy) is 1. The lowest BCUT2D eigenvalue weighted by Gasteiger charge is -2.09. The smallest absolute Gasteiger partial charge is 0.166 e. The first-order valence-corrected chi connectivity index (χ1v) is 4.89. The van der Waals surface area contributed by atoms with Crippen molar-refractivity contribution in [1.82, 2.24) is 10.6 Å². The minimum atomic E-state index is 0.137. The van der Waals surface area contributed by atoms with E-state index in [2.05, 4.69) is 10.6 Å². The molecule has 0 spiro atoms. The predicted octanol–water partition coefficient (Wildman–Crippen LogP) is 0.995. The first kappa shape index (κ1) is 11.6. The quantitative estimate of drug-likeness (QED) is 0.671. The molecule has 4 nitrogen and oxygen atoms in total. The number of hydrogen-bond donors (Lipinski definition) is 3. The molecule has 0 saturated heterocycles. The second-order valence-corrected chi connectivity index (χ2v) is 3.35. The molecule has 1 aromatic carbocycles. The molecule has 0 heterocycles. The van der Waals surface area contributed by atoms with E-state index in [1.54, 1.807) is 19.2 Å². The Labute approximate surface area is 94.3 Å². The lowest BCUT2D eigenvalue weighted by Crippen LogP contribution is -2.31. The largest absolute Gasteiger partial charge is 0.504 e. The predicted molar refractivity (Wildman–Crippen MR) is 63.2 cm³/mol. The van der Waals surface area contributed by atoms with Gasteiger partial charge in [0.25, 0.3) is 0 Å². The lowest BCUT2D eigenvalue weighted by molar-refractivity contribution is 0.373. The van der Waals surface area contributed by atoms with Gasteiger partial charge in [-0.25, -0.2) is 0 Å². The minimum Gasteiger partial charge on any atom is -0.504 e. The lowest BCUT2D eigenvalue weighted by atomic mass is 10.2. The summed E-state index contributed by atoms with van der Waals surface area (Å²) in [7, 11) is 3.28. The Hall–Kier alpha value is -1.49. The molecular formula is C10H14N2O2S. The Morgan fingerprint density at radius 1 is 1.53 bits per heavy atom. The molecule has 0 saturated carbocycles. The zero-order valence-corrected chi connectivity index (χ0v) is 9.52. The third-order valence-electron chi connectivity index (χ3n) is 1.92. The number of phenolic OH excluding ortho intramolecular Hbond substituents is 1. The Morgan fingerprint density at radius 3 is 2.87 bits per heavy atom. The average molecular weight is 226 g/mol. The summed E-state index contributed by atoms with van der Waals surface area (Å²) in [6, 6.07) is 5.17. The van der Waals surface area contributed by atoms with Crippen molar-refractivity contribution in [1.29, 1.82) is 0 Å². The summed E-state index contributed by atoms with van der Waals surface area (Å²) in [5, 5.41) is 15.8. The van der Waals surface area contributed by atoms with Gasteiger partial charge in [0, 0.05) is 13.6 Å². The highest BCUT2D eigenvalue weighted by Gasteiger charge is 2.02. The number of nitrogens with one attached hydrogen (secondary N) is 2. The number of rotatable bonds is 3. The molecule has 0 aromatic heterocycles. The molecule has 0 atom stereocenters. The fourth-order valence-corrected chi connectivity index (χ4v) is 1.17. The molecule has 82 valence electrons. The monoisotopic (exact) mass is 226 g/mol. The Kier molecular flexibility index (Phi) is 4.17. The molecule has 0 amide bonds. The summed E-state index contributed by atoms with van der Waals surface area (Å²) in [6.07, 6.45) is 0. The number of hydrogen-bond acceptors (Lipinski definition) is 3. The second-order valence-electron chi connectivity index (χ2n) is 2.94. The molecule has 0 bridgehead atoms. The second kappa shape index (κ2) is 5.41. The highest BCUT2D eigenvalue weighted by molar-refractivity contribution is 7.80. The number of benzene rings is 1. The first-order chi connectivity index (χ1) is 7.17. The van der Waals surface area contributed by atoms with E-state index < -0.39 is 0 Å². The summed E-state index contributed by atoms with van der Waals surface area (Å²) in [4.78, 5) is 0. The summed E-state index contributed by atoms with van der Waals surface area (Å²) in [5.74, 6) is 0.599. The van der Waals surface area contributed by atoms with Crippen molar-refractivity contribution >= 4 is 17.3 Å². The molecule has 0 unspecified atom stereocenters. The van der Waals surface area contributed by atoms with Crippen LogP contribution in [0.3, 0.4) is 0 Å². The van der Waals surface area contributed by atoms with Gasteiger partial charge in [0.2, 0.25) is 0 Å². The van der Waals surface area contributed by atoms with Gasteiger partial charge in [-0.3, -0.25) is 0 Å². The molecule has 0 fully saturated rings. The van der Waals surface area contributed by atoms with Crippen LogP contribution in [0.15, 0.2) is 18.2 Å². The van der Waals surface area contributed by atoms with Crippen molar-refractivity contribution in [3.8, 4) is 11.5 Å². The van der Waals surface area contributed by atoms with E-state index in [0.29, 0.717) is 17.4 Å². The van der Waals surface area contributed by atoms with Crippen LogP contribution in [0.25, 0.3) is 0 Å². The Balaban J connectivity index is 2.66. The Bertz CT molecular complexity index is 355. The van der Waals surface area contributed by atoms with E-state index in [9.17, 15) is 5.11 Å². The number of thiocarbonyl (C=S) groups is 1. The van der Waals surface area contributed by atoms with Gasteiger partial charge < -0.3 is 20.5 Å². The molecule has 1 rings (SSSR count). The van der Waals surface area contributed by atoms with Crippen LogP contribution in [0.5, 0.6) is 11.5 Å². The van der Waals surface area contributed by atoms with Gasteiger partial charge >= 0.3 is 0 Å². The van der Waals surface area contributed by atoms with Crippen molar-refractivity contribution in [2.24, 2.45) is 0 Å². The van der Waals surface area contributed by atoms with Gasteiger partial charge in [-0.1, -0.05) is 6.07 Å². The summed E-state index contributed by atoms with van der Waals surface area (Å²) < 4.78 is 4.99. The van der Waals surface area contributed by atoms with Crippen LogP contribution in [0, 0.1) is 0 Å². The topological polar surface area (TPSA) is 53.5 Å². The zero-order valence-electron chi connectivity index (χ0n) is 8.70. The van der Waals surface area contributed by atoms with E-state index in [1.165, 1.54) is 7.11 Å². The van der Waals surface area contributed by atoms with Gasteiger partial charge in [-0.15, -0.1) is 0 Å². The molecular weight excluding hydrogens is 212 g/mol. The van der Waals surface area contributed by atoms with Crippen LogP contribution in [-0.2, 0) is 6.54 Å². The highest BCUT2D eigenvalue weighted by atomic mass is 32.1. The molecule has 3 N–H and O–H groups in total. The highest BCUT2D eigenvalue weighted by Crippen LogP contribution is 2.25. The van der Waals surface area contributed by atoms with E-state index in [4.69, 9.17) is 17.0 Å². The van der Waals surface area contributed by atoms with Gasteiger partial charge in [0.1, 0.15) is 0 Å². The van der Waals surface area contributed by atoms with Gasteiger partial charge in [0.15, 0.2) is 16.6 Å². The molecule has 0 aliphatic carbocycles. The third kappa shape index (κ3) is 3.28. The van der Waals surface area contributed by atoms with Crippen molar-refractivity contribution in [3.05, 3.63) is 23.8 Å². The molecule has 15 heavy (non-hydrogen) atoms. The van der Waals surface area contributed by atoms with Crippen LogP contribution < -0.4 is 15.4 Å². The number of phenols is 1. The standard InChI is InChI=1S/C10H14N2O2S/c1-11-10(15)12-6-7-3-4-8(13)9(5-7)14-2/h3-5,13H,6H2,1-2H3,(H2,11,12,15). The zero-order chi connectivity index (χ0) is 11.3. The molecule has 0 aliphatic rings. The molecule has 0 aliphatic heterocycles. The minimum absolute atomic E-state index is 0.137. The van der Waals surface area contributed by atoms with Crippen molar-refractivity contribution in [2.45, 2.75) is 6.54 Å². The fraction of sp³-hybridized carbons (Fsp3) is 0.300. The summed E-state index contributed by atoms with van der Waals surface area (Å²) >= 11 is 4.94. The maximum Gasteiger partial charge on any atom is 0.166 e. The van der Waals surface area contributed by atoms with E-state index in [1.807, 2.05) is 6.07 Å². The van der Waals surface area contributed by atoms with Gasteiger partial charge in [0.05, 0.1) is 7.11 Å². The SMILES string of the molecule is CNC(=S)NCc1ccc(O)c(OC)c1. The molecule has 1 aromatic rings. The van der Waals surface area contributed by atoms with E-state index in [-0.39, 0.29) is 5.75 Å². The molecule has 5 heteroatoms. The summed E-state index contributed by atoms with van der Waals surface area (Å²) in [6.45, 7) is 0.594.